The molecule has 0 spiro atoms. The number of hydrogen-bond acceptors (Lipinski definition) is 7. The molecule has 2 aromatic carbocycles. The largest absolute Gasteiger partial charge is 0.496 e. The number of amides is 1. The van der Waals surface area contributed by atoms with E-state index in [1.807, 2.05) is 32.7 Å². The molecule has 4 heterocycles. The molecule has 4 aliphatic heterocycles. The molecule has 8 heteroatoms. The lowest BCUT2D eigenvalue weighted by atomic mass is 9.72. The molecule has 0 saturated carbocycles. The average Bonchev–Trinajstić information content (AvgIpc) is 3.34. The third-order valence-corrected chi connectivity index (χ3v) is 8.63. The van der Waals surface area contributed by atoms with Gasteiger partial charge in [-0.15, -0.1) is 0 Å². The van der Waals surface area contributed by atoms with Gasteiger partial charge in [-0.05, 0) is 62.9 Å². The number of fused-ring (bicyclic) bond motifs is 9. The normalized spacial score (nSPS) is 25.9. The molecule has 2 aromatic rings. The molecule has 4 atom stereocenters. The number of nitrogens with zero attached hydrogens (tertiary/aromatic N) is 2. The smallest absolute Gasteiger partial charge is 0.241 e. The topological polar surface area (TPSA) is 77.5 Å². The van der Waals surface area contributed by atoms with Crippen LogP contribution < -0.4 is 18.9 Å². The lowest BCUT2D eigenvalue weighted by molar-refractivity contribution is -0.153. The maximum Gasteiger partial charge on any atom is 0.241 e. The predicted molar refractivity (Wildman–Crippen MR) is 132 cm³/mol. The number of carbonyl (C=O) groups is 2. The van der Waals surface area contributed by atoms with Crippen LogP contribution in [0.2, 0.25) is 0 Å². The standard InChI is InChI=1S/C28H32N2O6/c1-8-16-19-20(25(34-7)14(4)26-27(19)36-11-35-26)23(31)22-21-18-13(3)24(33-6)12(2)9-15(18)10-17(29(21)5)28(32)30(16)22/h9,16-17,21-22H,8,10-11H2,1-7H3/t16-,17-,21+,22?/m0/s1. The highest BCUT2D eigenvalue weighted by atomic mass is 16.7. The van der Waals surface area contributed by atoms with Gasteiger partial charge in [0.25, 0.3) is 0 Å². The zero-order valence-electron chi connectivity index (χ0n) is 21.9. The monoisotopic (exact) mass is 492 g/mol. The first-order valence-electron chi connectivity index (χ1n) is 12.5. The van der Waals surface area contributed by atoms with Crippen LogP contribution in [0, 0.1) is 20.8 Å². The van der Waals surface area contributed by atoms with Gasteiger partial charge in [0.2, 0.25) is 12.7 Å². The summed E-state index contributed by atoms with van der Waals surface area (Å²) in [5.41, 5.74) is 6.23. The van der Waals surface area contributed by atoms with Crippen LogP contribution in [-0.2, 0) is 11.2 Å². The summed E-state index contributed by atoms with van der Waals surface area (Å²) < 4.78 is 23.3. The summed E-state index contributed by atoms with van der Waals surface area (Å²) in [6.07, 6.45) is 1.24. The molecule has 1 saturated heterocycles. The minimum Gasteiger partial charge on any atom is -0.496 e. The molecular weight excluding hydrogens is 460 g/mol. The van der Waals surface area contributed by atoms with Crippen LogP contribution in [0.4, 0.5) is 0 Å². The molecule has 190 valence electrons. The number of likely N-dealkylation sites (N-methyl/N-ethyl adjacent to an activating group) is 1. The third-order valence-electron chi connectivity index (χ3n) is 8.63. The molecule has 1 amide bonds. The van der Waals surface area contributed by atoms with Gasteiger partial charge in [-0.25, -0.2) is 0 Å². The molecule has 1 fully saturated rings. The van der Waals surface area contributed by atoms with Crippen molar-refractivity contribution in [3.8, 4) is 23.0 Å². The number of aryl methyl sites for hydroxylation is 1. The molecule has 0 aromatic heterocycles. The Morgan fingerprint density at radius 3 is 2.33 bits per heavy atom. The number of ether oxygens (including phenoxy) is 4. The summed E-state index contributed by atoms with van der Waals surface area (Å²) in [5.74, 6) is 2.35. The van der Waals surface area contributed by atoms with Crippen LogP contribution in [0.25, 0.3) is 0 Å². The Labute approximate surface area is 211 Å². The Hall–Kier alpha value is -3.26. The number of ketones is 1. The quantitative estimate of drug-likeness (QED) is 0.645. The summed E-state index contributed by atoms with van der Waals surface area (Å²) in [5, 5.41) is 0. The summed E-state index contributed by atoms with van der Waals surface area (Å²) in [6.45, 7) is 8.09. The van der Waals surface area contributed by atoms with E-state index in [0.29, 0.717) is 41.2 Å². The van der Waals surface area contributed by atoms with Gasteiger partial charge in [0.05, 0.1) is 37.9 Å². The van der Waals surface area contributed by atoms with Crippen molar-refractivity contribution in [1.29, 1.82) is 0 Å². The maximum atomic E-state index is 14.5. The number of benzene rings is 2. The zero-order valence-corrected chi connectivity index (χ0v) is 21.9. The van der Waals surface area contributed by atoms with Crippen LogP contribution in [-0.4, -0.2) is 61.6 Å². The van der Waals surface area contributed by atoms with E-state index < -0.39 is 6.04 Å². The van der Waals surface area contributed by atoms with Gasteiger partial charge in [-0.1, -0.05) is 13.0 Å². The number of piperazine rings is 1. The van der Waals surface area contributed by atoms with Crippen molar-refractivity contribution in [2.45, 2.75) is 64.7 Å². The van der Waals surface area contributed by atoms with E-state index in [-0.39, 0.29) is 36.6 Å². The minimum absolute atomic E-state index is 0.0198. The van der Waals surface area contributed by atoms with Crippen molar-refractivity contribution in [1.82, 2.24) is 9.80 Å². The van der Waals surface area contributed by atoms with E-state index >= 15 is 0 Å². The Morgan fingerprint density at radius 2 is 1.67 bits per heavy atom. The molecule has 2 bridgehead atoms. The van der Waals surface area contributed by atoms with Gasteiger partial charge in [-0.3, -0.25) is 14.5 Å². The zero-order chi connectivity index (χ0) is 25.6. The highest BCUT2D eigenvalue weighted by Gasteiger charge is 2.58. The van der Waals surface area contributed by atoms with Crippen molar-refractivity contribution in [3.05, 3.63) is 45.0 Å². The fourth-order valence-corrected chi connectivity index (χ4v) is 7.22. The van der Waals surface area contributed by atoms with Gasteiger partial charge < -0.3 is 23.8 Å². The first-order chi connectivity index (χ1) is 17.3. The maximum absolute atomic E-state index is 14.5. The second-order valence-electron chi connectivity index (χ2n) is 10.2. The van der Waals surface area contributed by atoms with Crippen molar-refractivity contribution >= 4 is 11.7 Å². The van der Waals surface area contributed by atoms with Crippen molar-refractivity contribution in [2.24, 2.45) is 0 Å². The fraction of sp³-hybridized carbons (Fsp3) is 0.500. The Balaban J connectivity index is 1.65. The van der Waals surface area contributed by atoms with E-state index in [1.54, 1.807) is 14.2 Å². The van der Waals surface area contributed by atoms with E-state index in [2.05, 4.69) is 17.9 Å². The average molecular weight is 493 g/mol. The second kappa shape index (κ2) is 7.87. The molecule has 8 nitrogen and oxygen atoms in total. The third kappa shape index (κ3) is 2.68. The number of methoxy groups -OCH3 is 2. The van der Waals surface area contributed by atoms with Crippen LogP contribution >= 0.6 is 0 Å². The van der Waals surface area contributed by atoms with E-state index in [1.165, 1.54) is 0 Å². The summed E-state index contributed by atoms with van der Waals surface area (Å²) >= 11 is 0. The number of carbonyl (C=O) groups excluding carboxylic acids is 2. The summed E-state index contributed by atoms with van der Waals surface area (Å²) in [4.78, 5) is 32.6. The SMILES string of the molecule is CC[C@H]1c2c3c(c(C)c(OC)c2C(=O)C2[C@H]4c5c(cc(C)c(OC)c5C)C[C@@H](C(=O)N21)N4C)OCO3. The van der Waals surface area contributed by atoms with Crippen molar-refractivity contribution in [3.63, 3.8) is 0 Å². The van der Waals surface area contributed by atoms with Gasteiger partial charge >= 0.3 is 0 Å². The molecule has 36 heavy (non-hydrogen) atoms. The highest BCUT2D eigenvalue weighted by Crippen LogP contribution is 2.57. The molecule has 1 unspecified atom stereocenters. The van der Waals surface area contributed by atoms with Crippen LogP contribution in [0.1, 0.15) is 69.2 Å². The van der Waals surface area contributed by atoms with E-state index in [4.69, 9.17) is 18.9 Å². The van der Waals surface area contributed by atoms with Crippen molar-refractivity contribution in [2.75, 3.05) is 28.1 Å². The van der Waals surface area contributed by atoms with Gasteiger partial charge in [0, 0.05) is 11.1 Å². The Morgan fingerprint density at radius 1 is 0.972 bits per heavy atom. The summed E-state index contributed by atoms with van der Waals surface area (Å²) in [6, 6.07) is 0.476. The molecule has 0 aliphatic carbocycles. The lowest BCUT2D eigenvalue weighted by Crippen LogP contribution is -2.68. The molecule has 0 radical (unpaired) electrons. The van der Waals surface area contributed by atoms with Crippen LogP contribution in [0.3, 0.4) is 0 Å². The van der Waals surface area contributed by atoms with E-state index in [9.17, 15) is 9.59 Å². The highest BCUT2D eigenvalue weighted by molar-refractivity contribution is 6.10. The van der Waals surface area contributed by atoms with Crippen molar-refractivity contribution < 1.29 is 28.5 Å². The second-order valence-corrected chi connectivity index (χ2v) is 10.2. The molecule has 0 N–H and O–H groups in total. The van der Waals surface area contributed by atoms with Gasteiger partial charge in [0.1, 0.15) is 17.5 Å². The molecule has 4 aliphatic rings. The number of Topliss-reactive ketones (excluding diaryl/α,β-unsaturated/α-hetero) is 1. The van der Waals surface area contributed by atoms with Gasteiger partial charge in [0.15, 0.2) is 17.3 Å². The minimum atomic E-state index is -0.685. The van der Waals surface area contributed by atoms with Crippen LogP contribution in [0.5, 0.6) is 23.0 Å². The van der Waals surface area contributed by atoms with Gasteiger partial charge in [-0.2, -0.15) is 0 Å². The lowest BCUT2D eigenvalue weighted by Gasteiger charge is -2.56. The molecule has 6 rings (SSSR count). The number of hydrogen-bond donors (Lipinski definition) is 0. The van der Waals surface area contributed by atoms with Crippen LogP contribution in [0.15, 0.2) is 6.07 Å². The first-order valence-corrected chi connectivity index (χ1v) is 12.5. The fourth-order valence-electron chi connectivity index (χ4n) is 7.22. The Kier molecular flexibility index (Phi) is 5.06. The summed E-state index contributed by atoms with van der Waals surface area (Å²) in [7, 11) is 5.22. The molecular formula is C28H32N2O6. The first kappa shape index (κ1) is 23.2. The van der Waals surface area contributed by atoms with E-state index in [0.717, 1.165) is 33.6 Å². The predicted octanol–water partition coefficient (Wildman–Crippen LogP) is 3.81. The number of rotatable bonds is 3. The Bertz CT molecular complexity index is 1330.